The van der Waals surface area contributed by atoms with E-state index in [1.807, 2.05) is 18.2 Å². The zero-order valence-corrected chi connectivity index (χ0v) is 13.8. The van der Waals surface area contributed by atoms with Gasteiger partial charge in [-0.3, -0.25) is 0 Å². The van der Waals surface area contributed by atoms with E-state index in [1.165, 1.54) is 24.6 Å². The molecule has 0 saturated heterocycles. The van der Waals surface area contributed by atoms with E-state index in [0.29, 0.717) is 6.42 Å². The summed E-state index contributed by atoms with van der Waals surface area (Å²) >= 11 is 0. The number of benzene rings is 2. The summed E-state index contributed by atoms with van der Waals surface area (Å²) in [4.78, 5) is 23.5. The minimum atomic E-state index is -0.505. The van der Waals surface area contributed by atoms with E-state index < -0.39 is 6.04 Å². The van der Waals surface area contributed by atoms with Crippen molar-refractivity contribution in [3.63, 3.8) is 0 Å². The van der Waals surface area contributed by atoms with Gasteiger partial charge in [0.05, 0.1) is 6.04 Å². The number of fused-ring (bicyclic) bond motifs is 1. The normalized spacial score (nSPS) is 16.5. The van der Waals surface area contributed by atoms with Crippen LogP contribution in [0.2, 0.25) is 0 Å². The van der Waals surface area contributed by atoms with E-state index in [9.17, 15) is 9.59 Å². The van der Waals surface area contributed by atoms with E-state index in [2.05, 4.69) is 34.9 Å². The Morgan fingerprint density at radius 2 is 1.83 bits per heavy atom. The van der Waals surface area contributed by atoms with Crippen molar-refractivity contribution in [2.45, 2.75) is 50.6 Å². The number of aldehydes is 1. The highest BCUT2D eigenvalue weighted by Gasteiger charge is 2.18. The summed E-state index contributed by atoms with van der Waals surface area (Å²) in [5.41, 5.74) is 1.05. The van der Waals surface area contributed by atoms with Gasteiger partial charge in [0, 0.05) is 6.04 Å². The molecule has 2 N–H and O–H groups in total. The molecule has 126 valence electrons. The number of urea groups is 1. The Bertz CT molecular complexity index is 708. The van der Waals surface area contributed by atoms with Crippen LogP contribution in [0.1, 0.15) is 37.7 Å². The molecule has 1 aliphatic rings. The summed E-state index contributed by atoms with van der Waals surface area (Å²) in [6.07, 6.45) is 6.97. The lowest BCUT2D eigenvalue weighted by molar-refractivity contribution is -0.109. The van der Waals surface area contributed by atoms with Gasteiger partial charge in [0.15, 0.2) is 0 Å². The average Bonchev–Trinajstić information content (AvgIpc) is 2.62. The fourth-order valence-electron chi connectivity index (χ4n) is 3.40. The third-order valence-corrected chi connectivity index (χ3v) is 4.69. The quantitative estimate of drug-likeness (QED) is 0.826. The van der Waals surface area contributed by atoms with Crippen LogP contribution >= 0.6 is 0 Å². The van der Waals surface area contributed by atoms with E-state index in [0.717, 1.165) is 30.1 Å². The van der Waals surface area contributed by atoms with Crippen LogP contribution in [0, 0.1) is 0 Å². The topological polar surface area (TPSA) is 58.2 Å². The summed E-state index contributed by atoms with van der Waals surface area (Å²) in [5.74, 6) is 0. The highest BCUT2D eigenvalue weighted by atomic mass is 16.2. The van der Waals surface area contributed by atoms with Crippen molar-refractivity contribution in [2.24, 2.45) is 0 Å². The number of nitrogens with one attached hydrogen (secondary N) is 2. The first kappa shape index (κ1) is 16.5. The summed E-state index contributed by atoms with van der Waals surface area (Å²) in [7, 11) is 0. The van der Waals surface area contributed by atoms with Crippen molar-refractivity contribution >= 4 is 23.1 Å². The van der Waals surface area contributed by atoms with Crippen molar-refractivity contribution in [1.82, 2.24) is 10.6 Å². The van der Waals surface area contributed by atoms with Gasteiger partial charge in [0.2, 0.25) is 0 Å². The molecule has 0 radical (unpaired) electrons. The average molecular weight is 324 g/mol. The van der Waals surface area contributed by atoms with Gasteiger partial charge in [-0.15, -0.1) is 0 Å². The molecule has 0 unspecified atom stereocenters. The van der Waals surface area contributed by atoms with Gasteiger partial charge in [0.1, 0.15) is 6.29 Å². The second kappa shape index (κ2) is 7.95. The zero-order chi connectivity index (χ0) is 16.8. The molecule has 2 aromatic rings. The Labute approximate surface area is 142 Å². The Kier molecular flexibility index (Phi) is 5.47. The van der Waals surface area contributed by atoms with Gasteiger partial charge in [-0.1, -0.05) is 61.7 Å². The van der Waals surface area contributed by atoms with E-state index in [-0.39, 0.29) is 12.1 Å². The Hall–Kier alpha value is -2.36. The molecule has 3 rings (SSSR count). The van der Waals surface area contributed by atoms with Crippen LogP contribution in [0.5, 0.6) is 0 Å². The predicted octanol–water partition coefficient (Wildman–Crippen LogP) is 3.58. The molecular formula is C20H24N2O2. The largest absolute Gasteiger partial charge is 0.335 e. The molecule has 4 nitrogen and oxygen atoms in total. The number of hydrogen-bond acceptors (Lipinski definition) is 2. The first-order valence-corrected chi connectivity index (χ1v) is 8.74. The molecule has 1 aliphatic carbocycles. The molecule has 0 heterocycles. The minimum absolute atomic E-state index is 0.236. The summed E-state index contributed by atoms with van der Waals surface area (Å²) in [6, 6.07) is 13.8. The van der Waals surface area contributed by atoms with Crippen molar-refractivity contribution < 1.29 is 9.59 Å². The maximum absolute atomic E-state index is 12.1. The molecule has 0 bridgehead atoms. The summed E-state index contributed by atoms with van der Waals surface area (Å²) in [5, 5.41) is 8.10. The van der Waals surface area contributed by atoms with Crippen molar-refractivity contribution in [3.05, 3.63) is 48.0 Å². The van der Waals surface area contributed by atoms with Crippen LogP contribution in [0.25, 0.3) is 10.8 Å². The number of rotatable bonds is 5. The lowest BCUT2D eigenvalue weighted by Crippen LogP contribution is -2.48. The van der Waals surface area contributed by atoms with E-state index >= 15 is 0 Å². The predicted molar refractivity (Wildman–Crippen MR) is 96.0 cm³/mol. The molecule has 4 heteroatoms. The smallest absolute Gasteiger partial charge is 0.315 e. The molecule has 1 saturated carbocycles. The number of amides is 2. The van der Waals surface area contributed by atoms with Crippen LogP contribution in [0.3, 0.4) is 0 Å². The lowest BCUT2D eigenvalue weighted by Gasteiger charge is -2.24. The second-order valence-electron chi connectivity index (χ2n) is 6.58. The number of carbonyl (C=O) groups is 2. The van der Waals surface area contributed by atoms with Crippen molar-refractivity contribution in [1.29, 1.82) is 0 Å². The Balaban J connectivity index is 1.58. The highest BCUT2D eigenvalue weighted by Crippen LogP contribution is 2.18. The molecule has 2 amide bonds. The minimum Gasteiger partial charge on any atom is -0.335 e. The highest BCUT2D eigenvalue weighted by molar-refractivity contribution is 5.83. The molecule has 0 aromatic heterocycles. The van der Waals surface area contributed by atoms with Crippen LogP contribution in [-0.4, -0.2) is 24.4 Å². The Morgan fingerprint density at radius 1 is 1.08 bits per heavy atom. The summed E-state index contributed by atoms with van der Waals surface area (Å²) < 4.78 is 0. The molecule has 1 fully saturated rings. The SMILES string of the molecule is O=C[C@H](Cc1ccc2ccccc2c1)NC(=O)NC1CCCCC1. The maximum atomic E-state index is 12.1. The van der Waals surface area contributed by atoms with Gasteiger partial charge in [-0.25, -0.2) is 4.79 Å². The second-order valence-corrected chi connectivity index (χ2v) is 6.58. The van der Waals surface area contributed by atoms with Crippen molar-refractivity contribution in [3.8, 4) is 0 Å². The molecular weight excluding hydrogens is 300 g/mol. The molecule has 2 aromatic carbocycles. The van der Waals surface area contributed by atoms with Gasteiger partial charge in [-0.2, -0.15) is 0 Å². The van der Waals surface area contributed by atoms with Crippen LogP contribution < -0.4 is 10.6 Å². The fraction of sp³-hybridized carbons (Fsp3) is 0.400. The van der Waals surface area contributed by atoms with E-state index in [1.54, 1.807) is 0 Å². The summed E-state index contributed by atoms with van der Waals surface area (Å²) in [6.45, 7) is 0. The Morgan fingerprint density at radius 3 is 2.58 bits per heavy atom. The first-order chi connectivity index (χ1) is 11.7. The molecule has 0 aliphatic heterocycles. The standard InChI is InChI=1S/C20H24N2O2/c23-14-19(22-20(24)21-18-8-2-1-3-9-18)13-15-10-11-16-6-4-5-7-17(16)12-15/h4-7,10-12,14,18-19H,1-3,8-9,13H2,(H2,21,22,24)/t19-/m0/s1. The molecule has 24 heavy (non-hydrogen) atoms. The van der Waals surface area contributed by atoms with E-state index in [4.69, 9.17) is 0 Å². The lowest BCUT2D eigenvalue weighted by atomic mass is 9.96. The van der Waals surface area contributed by atoms with Gasteiger partial charge in [0.25, 0.3) is 0 Å². The fourth-order valence-corrected chi connectivity index (χ4v) is 3.40. The maximum Gasteiger partial charge on any atom is 0.315 e. The number of carbonyl (C=O) groups excluding carboxylic acids is 2. The third kappa shape index (κ3) is 4.34. The van der Waals surface area contributed by atoms with Crippen LogP contribution in [-0.2, 0) is 11.2 Å². The third-order valence-electron chi connectivity index (χ3n) is 4.69. The van der Waals surface area contributed by atoms with Gasteiger partial charge in [-0.05, 0) is 35.6 Å². The monoisotopic (exact) mass is 324 g/mol. The first-order valence-electron chi connectivity index (χ1n) is 8.74. The zero-order valence-electron chi connectivity index (χ0n) is 13.8. The number of hydrogen-bond donors (Lipinski definition) is 2. The van der Waals surface area contributed by atoms with Gasteiger partial charge < -0.3 is 15.4 Å². The van der Waals surface area contributed by atoms with Gasteiger partial charge >= 0.3 is 6.03 Å². The van der Waals surface area contributed by atoms with Crippen LogP contribution in [0.4, 0.5) is 4.79 Å². The van der Waals surface area contributed by atoms with Crippen LogP contribution in [0.15, 0.2) is 42.5 Å². The van der Waals surface area contributed by atoms with Crippen molar-refractivity contribution in [2.75, 3.05) is 0 Å². The molecule has 1 atom stereocenters. The molecule has 0 spiro atoms.